The molecule has 1 aromatic heterocycles. The zero-order valence-electron chi connectivity index (χ0n) is 16.0. The van der Waals surface area contributed by atoms with Crippen molar-refractivity contribution < 1.29 is 13.2 Å². The van der Waals surface area contributed by atoms with Gasteiger partial charge >= 0.3 is 5.69 Å². The maximum absolute atomic E-state index is 12.6. The predicted molar refractivity (Wildman–Crippen MR) is 110 cm³/mol. The first-order valence-electron chi connectivity index (χ1n) is 9.33. The summed E-state index contributed by atoms with van der Waals surface area (Å²) in [4.78, 5) is 26.3. The van der Waals surface area contributed by atoms with Crippen LogP contribution < -0.4 is 11.0 Å². The molecular formula is C19H20N6O4S. The molecule has 2 N–H and O–H groups in total. The Morgan fingerprint density at radius 1 is 1.10 bits per heavy atom. The molecule has 0 saturated carbocycles. The van der Waals surface area contributed by atoms with Crippen molar-refractivity contribution in [3.63, 3.8) is 0 Å². The molecule has 3 aromatic rings. The van der Waals surface area contributed by atoms with E-state index in [9.17, 15) is 18.0 Å². The number of hydrogen-bond acceptors (Lipinski definition) is 7. The summed E-state index contributed by atoms with van der Waals surface area (Å²) in [5.41, 5.74) is 2.11. The van der Waals surface area contributed by atoms with Crippen LogP contribution in [0.5, 0.6) is 0 Å². The van der Waals surface area contributed by atoms with Gasteiger partial charge in [-0.1, -0.05) is 12.1 Å². The van der Waals surface area contributed by atoms with Gasteiger partial charge in [0, 0.05) is 30.9 Å². The minimum absolute atomic E-state index is 0.170. The van der Waals surface area contributed by atoms with E-state index in [1.54, 1.807) is 30.3 Å². The minimum Gasteiger partial charge on any atom is -0.322 e. The third-order valence-corrected chi connectivity index (χ3v) is 6.48. The highest BCUT2D eigenvalue weighted by molar-refractivity contribution is 7.91. The van der Waals surface area contributed by atoms with E-state index in [0.29, 0.717) is 36.6 Å². The monoisotopic (exact) mass is 428 g/mol. The average molecular weight is 428 g/mol. The van der Waals surface area contributed by atoms with Crippen LogP contribution >= 0.6 is 0 Å². The summed E-state index contributed by atoms with van der Waals surface area (Å²) in [6.07, 6.45) is 0. The molecule has 2 aromatic carbocycles. The van der Waals surface area contributed by atoms with Crippen LogP contribution in [0.15, 0.2) is 53.3 Å². The van der Waals surface area contributed by atoms with Gasteiger partial charge < -0.3 is 5.32 Å². The summed E-state index contributed by atoms with van der Waals surface area (Å²) in [5.74, 6) is 0.0808. The number of nitrogens with zero attached hydrogens (tertiary/aromatic N) is 4. The molecule has 30 heavy (non-hydrogen) atoms. The van der Waals surface area contributed by atoms with Crippen molar-refractivity contribution in [3.05, 3.63) is 70.1 Å². The molecule has 0 bridgehead atoms. The number of anilines is 1. The molecule has 0 radical (unpaired) electrons. The maximum atomic E-state index is 12.6. The Labute approximate surface area is 172 Å². The Hall–Kier alpha value is -3.31. The third-order valence-electron chi connectivity index (χ3n) is 4.87. The number of tetrazole rings is 1. The summed E-state index contributed by atoms with van der Waals surface area (Å²) in [6.45, 7) is 1.59. The lowest BCUT2D eigenvalue weighted by atomic mass is 10.1. The van der Waals surface area contributed by atoms with Crippen molar-refractivity contribution in [1.82, 2.24) is 25.1 Å². The van der Waals surface area contributed by atoms with Crippen LogP contribution in [0.25, 0.3) is 5.69 Å². The Morgan fingerprint density at radius 2 is 1.83 bits per heavy atom. The Bertz CT molecular complexity index is 1200. The second kappa shape index (κ2) is 8.20. The summed E-state index contributed by atoms with van der Waals surface area (Å²) in [6, 6.07) is 13.9. The van der Waals surface area contributed by atoms with Gasteiger partial charge in [-0.25, -0.2) is 18.3 Å². The van der Waals surface area contributed by atoms with Crippen LogP contribution in [0.1, 0.15) is 15.9 Å². The Kier molecular flexibility index (Phi) is 5.46. The van der Waals surface area contributed by atoms with Gasteiger partial charge in [0.2, 0.25) is 0 Å². The first-order valence-corrected chi connectivity index (χ1v) is 11.2. The lowest BCUT2D eigenvalue weighted by Crippen LogP contribution is -2.39. The second-order valence-electron chi connectivity index (χ2n) is 7.05. The summed E-state index contributed by atoms with van der Waals surface area (Å²) in [5, 5.41) is 12.1. The zero-order valence-corrected chi connectivity index (χ0v) is 16.8. The molecular weight excluding hydrogens is 408 g/mol. The van der Waals surface area contributed by atoms with E-state index < -0.39 is 15.5 Å². The molecule has 0 atom stereocenters. The van der Waals surface area contributed by atoms with E-state index in [4.69, 9.17) is 0 Å². The number of rotatable bonds is 5. The van der Waals surface area contributed by atoms with Gasteiger partial charge in [0.1, 0.15) is 0 Å². The fourth-order valence-electron chi connectivity index (χ4n) is 3.23. The van der Waals surface area contributed by atoms with Crippen LogP contribution in [0.2, 0.25) is 0 Å². The number of nitrogens with one attached hydrogen (secondary N) is 2. The van der Waals surface area contributed by atoms with E-state index in [-0.39, 0.29) is 17.4 Å². The summed E-state index contributed by atoms with van der Waals surface area (Å²) < 4.78 is 24.2. The van der Waals surface area contributed by atoms with Crippen LogP contribution in [0, 0.1) is 0 Å². The molecule has 1 fully saturated rings. The molecule has 1 saturated heterocycles. The highest BCUT2D eigenvalue weighted by Gasteiger charge is 2.21. The molecule has 2 heterocycles. The highest BCUT2D eigenvalue weighted by atomic mass is 32.2. The first kappa shape index (κ1) is 20.0. The fourth-order valence-corrected chi connectivity index (χ4v) is 4.51. The normalized spacial score (nSPS) is 16.3. The van der Waals surface area contributed by atoms with E-state index in [0.717, 1.165) is 10.2 Å². The Morgan fingerprint density at radius 3 is 2.50 bits per heavy atom. The summed E-state index contributed by atoms with van der Waals surface area (Å²) in [7, 11) is -2.92. The number of amides is 1. The van der Waals surface area contributed by atoms with Gasteiger partial charge in [0.05, 0.1) is 17.2 Å². The zero-order chi connectivity index (χ0) is 21.1. The lowest BCUT2D eigenvalue weighted by molar-refractivity contribution is 0.102. The van der Waals surface area contributed by atoms with Gasteiger partial charge in [-0.3, -0.25) is 9.69 Å². The molecule has 0 aliphatic carbocycles. The standard InChI is InChI=1S/C19H20N6O4S/c26-18(20-16-4-6-17(7-5-16)25-19(27)21-22-23-25)15-3-1-2-14(12-15)13-24-8-10-30(28,29)11-9-24/h1-7,12H,8-11,13H2,(H,20,26)(H,21,23,27). The first-order chi connectivity index (χ1) is 14.4. The van der Waals surface area contributed by atoms with E-state index in [1.807, 2.05) is 18.2 Å². The molecule has 0 spiro atoms. The Balaban J connectivity index is 1.41. The van der Waals surface area contributed by atoms with E-state index in [2.05, 4.69) is 25.7 Å². The van der Waals surface area contributed by atoms with Gasteiger partial charge in [-0.05, 0) is 52.4 Å². The molecule has 1 aliphatic heterocycles. The maximum Gasteiger partial charge on any atom is 0.365 e. The number of carbonyl (C=O) groups excluding carboxylic acids is 1. The number of hydrogen-bond donors (Lipinski definition) is 2. The van der Waals surface area contributed by atoms with Crippen molar-refractivity contribution in [3.8, 4) is 5.69 Å². The van der Waals surface area contributed by atoms with Crippen molar-refractivity contribution in [2.45, 2.75) is 6.54 Å². The number of H-pyrrole nitrogens is 1. The van der Waals surface area contributed by atoms with Crippen LogP contribution in [-0.2, 0) is 16.4 Å². The van der Waals surface area contributed by atoms with Crippen molar-refractivity contribution >= 4 is 21.4 Å². The molecule has 0 unspecified atom stereocenters. The average Bonchev–Trinajstić information content (AvgIpc) is 3.16. The number of aromatic nitrogens is 4. The van der Waals surface area contributed by atoms with Crippen molar-refractivity contribution in [2.24, 2.45) is 0 Å². The molecule has 1 amide bonds. The third kappa shape index (κ3) is 4.63. The van der Waals surface area contributed by atoms with Crippen molar-refractivity contribution in [1.29, 1.82) is 0 Å². The van der Waals surface area contributed by atoms with Crippen molar-refractivity contribution in [2.75, 3.05) is 29.9 Å². The number of aromatic amines is 1. The van der Waals surface area contributed by atoms with Gasteiger partial charge in [-0.2, -0.15) is 4.68 Å². The van der Waals surface area contributed by atoms with Crippen LogP contribution in [0.4, 0.5) is 5.69 Å². The van der Waals surface area contributed by atoms with Gasteiger partial charge in [0.15, 0.2) is 9.84 Å². The predicted octanol–water partition coefficient (Wildman–Crippen LogP) is 0.438. The topological polar surface area (TPSA) is 130 Å². The second-order valence-corrected chi connectivity index (χ2v) is 9.35. The minimum atomic E-state index is -2.92. The quantitative estimate of drug-likeness (QED) is 0.603. The SMILES string of the molecule is O=C(Nc1ccc(-n2nn[nH]c2=O)cc1)c1cccc(CN2CCS(=O)(=O)CC2)c1. The van der Waals surface area contributed by atoms with Crippen LogP contribution in [-0.4, -0.2) is 64.0 Å². The lowest BCUT2D eigenvalue weighted by Gasteiger charge is -2.26. The molecule has 156 valence electrons. The van der Waals surface area contributed by atoms with E-state index in [1.165, 1.54) is 0 Å². The molecule has 10 nitrogen and oxygen atoms in total. The summed E-state index contributed by atoms with van der Waals surface area (Å²) >= 11 is 0. The molecule has 4 rings (SSSR count). The van der Waals surface area contributed by atoms with Crippen LogP contribution in [0.3, 0.4) is 0 Å². The number of sulfone groups is 1. The number of benzene rings is 2. The smallest absolute Gasteiger partial charge is 0.322 e. The molecule has 11 heteroatoms. The number of carbonyl (C=O) groups is 1. The fraction of sp³-hybridized carbons (Fsp3) is 0.263. The van der Waals surface area contributed by atoms with Gasteiger partial charge in [0.25, 0.3) is 5.91 Å². The molecule has 1 aliphatic rings. The largest absolute Gasteiger partial charge is 0.365 e. The van der Waals surface area contributed by atoms with Gasteiger partial charge in [-0.15, -0.1) is 0 Å². The highest BCUT2D eigenvalue weighted by Crippen LogP contribution is 2.15. The van der Waals surface area contributed by atoms with E-state index >= 15 is 0 Å².